The molecule has 2 rings (SSSR count). The first kappa shape index (κ1) is 23.5. The van der Waals surface area contributed by atoms with Gasteiger partial charge in [-0.3, -0.25) is 0 Å². The Balaban J connectivity index is 2.40. The number of hydrogen-bond acceptors (Lipinski definition) is 6. The first-order chi connectivity index (χ1) is 13.2. The van der Waals surface area contributed by atoms with E-state index in [4.69, 9.17) is 28.1 Å². The van der Waals surface area contributed by atoms with Crippen molar-refractivity contribution < 1.29 is 28.1 Å². The number of hydrogen-bond donors (Lipinski definition) is 0. The van der Waals surface area contributed by atoms with Gasteiger partial charge in [0.25, 0.3) is 0 Å². The Bertz CT molecular complexity index is 570. The number of rotatable bonds is 12. The van der Waals surface area contributed by atoms with E-state index in [9.17, 15) is 0 Å². The van der Waals surface area contributed by atoms with E-state index in [0.29, 0.717) is 6.61 Å². The summed E-state index contributed by atoms with van der Waals surface area (Å²) in [7, 11) is 1.12. The molecule has 1 aromatic rings. The van der Waals surface area contributed by atoms with Crippen LogP contribution in [0.3, 0.4) is 0 Å². The van der Waals surface area contributed by atoms with Crippen LogP contribution in [-0.4, -0.2) is 61.0 Å². The van der Waals surface area contributed by atoms with Crippen molar-refractivity contribution in [2.75, 3.05) is 34.4 Å². The molecule has 1 aromatic carbocycles. The highest BCUT2D eigenvalue weighted by atomic mass is 28.4. The largest absolute Gasteiger partial charge is 0.408 e. The third kappa shape index (κ3) is 6.35. The maximum atomic E-state index is 6.87. The topological polar surface area (TPSA) is 58.7 Å². The first-order valence-electron chi connectivity index (χ1n) is 9.76. The normalized spacial score (nSPS) is 20.6. The molecule has 0 aliphatic carbocycles. The van der Waals surface area contributed by atoms with Gasteiger partial charge >= 0.3 is 0 Å². The summed E-state index contributed by atoms with van der Waals surface area (Å²) in [6.45, 7) is 12.1. The summed E-state index contributed by atoms with van der Waals surface area (Å²) >= 11 is 0. The van der Waals surface area contributed by atoms with E-state index < -0.39 is 8.32 Å². The second kappa shape index (κ2) is 10.3. The van der Waals surface area contributed by atoms with Crippen LogP contribution >= 0.6 is 0 Å². The molecule has 7 heteroatoms. The molecule has 0 radical (unpaired) electrons. The van der Waals surface area contributed by atoms with Crippen molar-refractivity contribution in [2.24, 2.45) is 0 Å². The van der Waals surface area contributed by atoms with Crippen LogP contribution in [0, 0.1) is 0 Å². The van der Waals surface area contributed by atoms with Crippen molar-refractivity contribution in [1.82, 2.24) is 0 Å². The summed E-state index contributed by atoms with van der Waals surface area (Å²) in [4.78, 5) is 0. The van der Waals surface area contributed by atoms with Crippen molar-refractivity contribution in [1.29, 1.82) is 0 Å². The Labute approximate surface area is 170 Å². The summed E-state index contributed by atoms with van der Waals surface area (Å²) < 4.78 is 35.1. The lowest BCUT2D eigenvalue weighted by Gasteiger charge is -2.43. The van der Waals surface area contributed by atoms with Gasteiger partial charge in [0.15, 0.2) is 8.32 Å². The van der Waals surface area contributed by atoms with Gasteiger partial charge in [0.2, 0.25) is 0 Å². The predicted molar refractivity (Wildman–Crippen MR) is 111 cm³/mol. The molecular formula is C21H36O6Si. The van der Waals surface area contributed by atoms with E-state index in [1.54, 1.807) is 14.2 Å². The van der Waals surface area contributed by atoms with Gasteiger partial charge in [-0.25, -0.2) is 0 Å². The second-order valence-electron chi connectivity index (χ2n) is 8.66. The van der Waals surface area contributed by atoms with Crippen molar-refractivity contribution in [3.63, 3.8) is 0 Å². The molecule has 0 saturated carbocycles. The van der Waals surface area contributed by atoms with Crippen LogP contribution in [0.4, 0.5) is 0 Å². The average molecular weight is 413 g/mol. The van der Waals surface area contributed by atoms with Crippen molar-refractivity contribution in [3.05, 3.63) is 35.9 Å². The van der Waals surface area contributed by atoms with Crippen molar-refractivity contribution in [3.8, 4) is 0 Å². The molecule has 1 aliphatic heterocycles. The fourth-order valence-corrected chi connectivity index (χ4v) is 4.08. The summed E-state index contributed by atoms with van der Waals surface area (Å²) in [5.41, 5.74) is 1.02. The Morgan fingerprint density at radius 1 is 1.04 bits per heavy atom. The van der Waals surface area contributed by atoms with E-state index in [-0.39, 0.29) is 43.0 Å². The standard InChI is InChI=1S/C21H36O6Si/c1-21(2,3)28(6,7)27-20(19(17-13-24-17)26-15-23-5)18(25-14-22-4)16-11-9-8-10-12-16/h8-12,17-20H,13-15H2,1-7H3/t17-,18?,19+,20?/m0/s1. The molecule has 1 heterocycles. The maximum absolute atomic E-state index is 6.87. The van der Waals surface area contributed by atoms with Gasteiger partial charge in [-0.2, -0.15) is 0 Å². The fraction of sp³-hybridized carbons (Fsp3) is 0.714. The van der Waals surface area contributed by atoms with E-state index in [1.807, 2.05) is 30.3 Å². The Hall–Kier alpha value is -0.803. The molecule has 0 bridgehead atoms. The highest BCUT2D eigenvalue weighted by molar-refractivity contribution is 6.74. The minimum absolute atomic E-state index is 0.0257. The monoisotopic (exact) mass is 412 g/mol. The van der Waals surface area contributed by atoms with Crippen molar-refractivity contribution in [2.45, 2.75) is 63.3 Å². The molecule has 1 saturated heterocycles. The van der Waals surface area contributed by atoms with Crippen molar-refractivity contribution >= 4 is 8.32 Å². The molecule has 6 nitrogen and oxygen atoms in total. The predicted octanol–water partition coefficient (Wildman–Crippen LogP) is 4.13. The molecule has 0 spiro atoms. The summed E-state index contributed by atoms with van der Waals surface area (Å²) in [5.74, 6) is 0. The highest BCUT2D eigenvalue weighted by Gasteiger charge is 2.49. The first-order valence-corrected chi connectivity index (χ1v) is 12.7. The van der Waals surface area contributed by atoms with Gasteiger partial charge in [0.1, 0.15) is 38.0 Å². The van der Waals surface area contributed by atoms with Crippen LogP contribution in [0.5, 0.6) is 0 Å². The average Bonchev–Trinajstić information content (AvgIpc) is 3.47. The zero-order valence-electron chi connectivity index (χ0n) is 18.3. The molecule has 0 N–H and O–H groups in total. The zero-order valence-corrected chi connectivity index (χ0v) is 19.3. The third-order valence-corrected chi connectivity index (χ3v) is 9.93. The second-order valence-corrected chi connectivity index (χ2v) is 13.4. The molecule has 1 aliphatic rings. The van der Waals surface area contributed by atoms with Crippen LogP contribution < -0.4 is 0 Å². The van der Waals surface area contributed by atoms with Gasteiger partial charge in [0.05, 0.1) is 6.61 Å². The van der Waals surface area contributed by atoms with Gasteiger partial charge < -0.3 is 28.1 Å². The minimum Gasteiger partial charge on any atom is -0.408 e. The van der Waals surface area contributed by atoms with E-state index in [2.05, 4.69) is 33.9 Å². The third-order valence-electron chi connectivity index (χ3n) is 5.46. The molecule has 2 unspecified atom stereocenters. The van der Waals surface area contributed by atoms with Crippen LogP contribution in [0.25, 0.3) is 0 Å². The lowest BCUT2D eigenvalue weighted by molar-refractivity contribution is -0.171. The Morgan fingerprint density at radius 3 is 2.11 bits per heavy atom. The summed E-state index contributed by atoms with van der Waals surface area (Å²) in [5, 5.41) is 0.0456. The maximum Gasteiger partial charge on any atom is 0.192 e. The van der Waals surface area contributed by atoms with Gasteiger partial charge in [-0.1, -0.05) is 51.1 Å². The van der Waals surface area contributed by atoms with Crippen LogP contribution in [0.2, 0.25) is 18.1 Å². The number of methoxy groups -OCH3 is 2. The van der Waals surface area contributed by atoms with Gasteiger partial charge in [0, 0.05) is 14.2 Å². The Morgan fingerprint density at radius 2 is 1.61 bits per heavy atom. The minimum atomic E-state index is -2.12. The summed E-state index contributed by atoms with van der Waals surface area (Å²) in [6.07, 6.45) is -1.01. The van der Waals surface area contributed by atoms with Crippen LogP contribution in [-0.2, 0) is 28.1 Å². The lowest BCUT2D eigenvalue weighted by Crippen LogP contribution is -2.51. The van der Waals surface area contributed by atoms with E-state index in [1.165, 1.54) is 0 Å². The molecule has 4 atom stereocenters. The van der Waals surface area contributed by atoms with Crippen LogP contribution in [0.15, 0.2) is 30.3 Å². The van der Waals surface area contributed by atoms with Gasteiger partial charge in [-0.15, -0.1) is 0 Å². The SMILES string of the molecule is COCOC(c1ccccc1)C(O[Si](C)(C)C(C)(C)C)[C@H](OCOC)[C@@H]1CO1. The lowest BCUT2D eigenvalue weighted by atomic mass is 9.98. The van der Waals surface area contributed by atoms with Crippen LogP contribution in [0.1, 0.15) is 32.4 Å². The molecule has 28 heavy (non-hydrogen) atoms. The number of ether oxygens (including phenoxy) is 5. The molecule has 160 valence electrons. The zero-order chi connectivity index (χ0) is 20.8. The quantitative estimate of drug-likeness (QED) is 0.292. The van der Waals surface area contributed by atoms with E-state index in [0.717, 1.165) is 5.56 Å². The molecule has 0 amide bonds. The molecular weight excluding hydrogens is 376 g/mol. The van der Waals surface area contributed by atoms with E-state index >= 15 is 0 Å². The fourth-order valence-electron chi connectivity index (χ4n) is 2.79. The summed E-state index contributed by atoms with van der Waals surface area (Å²) in [6, 6.07) is 10.1. The van der Waals surface area contributed by atoms with Gasteiger partial charge in [-0.05, 0) is 23.7 Å². The molecule has 0 aromatic heterocycles. The highest BCUT2D eigenvalue weighted by Crippen LogP contribution is 2.41. The molecule has 1 fully saturated rings. The smallest absolute Gasteiger partial charge is 0.192 e. The number of benzene rings is 1. The Kier molecular flexibility index (Phi) is 8.63. The number of epoxide rings is 1.